The Hall–Kier alpha value is -1.08. The molecule has 0 radical (unpaired) electrons. The average molecular weight is 435 g/mol. The Labute approximate surface area is 185 Å². The van der Waals surface area contributed by atoms with Crippen molar-refractivity contribution in [2.45, 2.75) is 89.9 Å². The van der Waals surface area contributed by atoms with E-state index >= 15 is 0 Å². The zero-order valence-electron chi connectivity index (χ0n) is 19.1. The van der Waals surface area contributed by atoms with Gasteiger partial charge in [0.25, 0.3) is 0 Å². The molecular weight excluding hydrogens is 396 g/mol. The van der Waals surface area contributed by atoms with E-state index in [-0.39, 0.29) is 29.6 Å². The Bertz CT molecular complexity index is 776. The molecule has 3 saturated carbocycles. The van der Waals surface area contributed by atoms with Crippen LogP contribution in [0.5, 0.6) is 0 Å². The van der Waals surface area contributed by atoms with Crippen LogP contribution in [0.15, 0.2) is 11.6 Å². The number of hydrogen-bond donors (Lipinski definition) is 3. The number of aliphatic hydroxyl groups is 3. The number of carbonyl (C=O) groups is 2. The third kappa shape index (κ3) is 3.20. The lowest BCUT2D eigenvalue weighted by atomic mass is 9.44. The zero-order valence-corrected chi connectivity index (χ0v) is 19.1. The van der Waals surface area contributed by atoms with Crippen molar-refractivity contribution in [2.24, 2.45) is 28.6 Å². The van der Waals surface area contributed by atoms with E-state index in [2.05, 4.69) is 13.8 Å². The minimum absolute atomic E-state index is 0.0723. The summed E-state index contributed by atoms with van der Waals surface area (Å²) >= 11 is 0. The molecule has 3 fully saturated rings. The lowest BCUT2D eigenvalue weighted by Gasteiger charge is -2.61. The van der Waals surface area contributed by atoms with Crippen LogP contribution in [0.4, 0.5) is 0 Å². The number of ketones is 2. The predicted molar refractivity (Wildman–Crippen MR) is 115 cm³/mol. The van der Waals surface area contributed by atoms with E-state index in [9.17, 15) is 24.9 Å². The lowest BCUT2D eigenvalue weighted by molar-refractivity contribution is -0.195. The fourth-order valence-electron chi connectivity index (χ4n) is 7.90. The van der Waals surface area contributed by atoms with Crippen LogP contribution >= 0.6 is 0 Å². The SMILES string of the molecule is CCCCOC1CC(=O)C=C2CC[C@@H]3[C@H]([C@@H](O)C[C@@]4(C)[C@H]3CC[C@]4(O)C(=O)CO)[C@]21C. The summed E-state index contributed by atoms with van der Waals surface area (Å²) in [5.74, 6) is -0.270. The molecule has 1 unspecified atom stereocenters. The second-order valence-electron chi connectivity index (χ2n) is 10.8. The van der Waals surface area contributed by atoms with E-state index in [0.29, 0.717) is 32.3 Å². The highest BCUT2D eigenvalue weighted by Gasteiger charge is 2.69. The van der Waals surface area contributed by atoms with Crippen LogP contribution in [-0.4, -0.2) is 57.9 Å². The Morgan fingerprint density at radius 3 is 2.71 bits per heavy atom. The van der Waals surface area contributed by atoms with Gasteiger partial charge in [0.05, 0.1) is 12.2 Å². The molecule has 174 valence electrons. The lowest BCUT2D eigenvalue weighted by Crippen LogP contribution is -2.64. The van der Waals surface area contributed by atoms with Crippen LogP contribution in [0.25, 0.3) is 0 Å². The summed E-state index contributed by atoms with van der Waals surface area (Å²) in [6, 6.07) is 0. The molecular formula is C25H38O6. The quantitative estimate of drug-likeness (QED) is 0.555. The molecule has 6 heteroatoms. The Morgan fingerprint density at radius 1 is 1.29 bits per heavy atom. The summed E-state index contributed by atoms with van der Waals surface area (Å²) in [4.78, 5) is 25.0. The second-order valence-corrected chi connectivity index (χ2v) is 10.8. The van der Waals surface area contributed by atoms with Gasteiger partial charge in [-0.05, 0) is 62.4 Å². The molecule has 0 saturated heterocycles. The van der Waals surface area contributed by atoms with Gasteiger partial charge in [0.1, 0.15) is 12.2 Å². The first-order valence-electron chi connectivity index (χ1n) is 12.0. The Morgan fingerprint density at radius 2 is 2.03 bits per heavy atom. The van der Waals surface area contributed by atoms with Crippen molar-refractivity contribution in [2.75, 3.05) is 13.2 Å². The Kier molecular flexibility index (Phi) is 6.00. The minimum atomic E-state index is -1.59. The normalized spacial score (nSPS) is 46.7. The largest absolute Gasteiger partial charge is 0.393 e. The molecule has 0 heterocycles. The summed E-state index contributed by atoms with van der Waals surface area (Å²) < 4.78 is 6.29. The van der Waals surface area contributed by atoms with E-state index < -0.39 is 34.9 Å². The van der Waals surface area contributed by atoms with Crippen LogP contribution in [0.1, 0.15) is 72.1 Å². The number of carbonyl (C=O) groups excluding carboxylic acids is 2. The number of rotatable bonds is 6. The first-order chi connectivity index (χ1) is 14.6. The van der Waals surface area contributed by atoms with Crippen LogP contribution in [0, 0.1) is 28.6 Å². The van der Waals surface area contributed by atoms with Gasteiger partial charge in [-0.1, -0.05) is 32.8 Å². The molecule has 0 bridgehead atoms. The maximum atomic E-state index is 12.5. The summed E-state index contributed by atoms with van der Waals surface area (Å²) in [7, 11) is 0. The summed E-state index contributed by atoms with van der Waals surface area (Å²) in [6.45, 7) is 6.12. The van der Waals surface area contributed by atoms with Gasteiger partial charge in [0.15, 0.2) is 11.6 Å². The smallest absolute Gasteiger partial charge is 0.190 e. The van der Waals surface area contributed by atoms with Crippen molar-refractivity contribution in [1.82, 2.24) is 0 Å². The third-order valence-corrected chi connectivity index (χ3v) is 9.55. The summed E-state index contributed by atoms with van der Waals surface area (Å²) in [5, 5.41) is 32.4. The van der Waals surface area contributed by atoms with Crippen molar-refractivity contribution in [3.63, 3.8) is 0 Å². The molecule has 4 aliphatic rings. The van der Waals surface area contributed by atoms with Gasteiger partial charge in [-0.15, -0.1) is 0 Å². The van der Waals surface area contributed by atoms with Crippen molar-refractivity contribution in [3.8, 4) is 0 Å². The van der Waals surface area contributed by atoms with Crippen LogP contribution in [0.2, 0.25) is 0 Å². The van der Waals surface area contributed by atoms with Crippen LogP contribution in [0.3, 0.4) is 0 Å². The fraction of sp³-hybridized carbons (Fsp3) is 0.840. The van der Waals surface area contributed by atoms with Gasteiger partial charge in [0.2, 0.25) is 0 Å². The zero-order chi connectivity index (χ0) is 22.6. The molecule has 0 aromatic rings. The second kappa shape index (κ2) is 8.05. The molecule has 3 N–H and O–H groups in total. The maximum absolute atomic E-state index is 12.5. The summed E-state index contributed by atoms with van der Waals surface area (Å²) in [6.07, 6.45) is 6.11. The first-order valence-corrected chi connectivity index (χ1v) is 12.0. The van der Waals surface area contributed by atoms with E-state index in [4.69, 9.17) is 4.74 Å². The molecule has 0 spiro atoms. The van der Waals surface area contributed by atoms with Crippen LogP contribution in [-0.2, 0) is 14.3 Å². The van der Waals surface area contributed by atoms with Gasteiger partial charge < -0.3 is 20.1 Å². The van der Waals surface area contributed by atoms with Crippen molar-refractivity contribution < 1.29 is 29.6 Å². The average Bonchev–Trinajstić information content (AvgIpc) is 2.99. The molecule has 4 rings (SSSR count). The highest BCUT2D eigenvalue weighted by Crippen LogP contribution is 2.67. The highest BCUT2D eigenvalue weighted by molar-refractivity contribution is 5.92. The number of aliphatic hydroxyl groups excluding tert-OH is 2. The molecule has 6 nitrogen and oxygen atoms in total. The molecule has 0 aliphatic heterocycles. The van der Waals surface area contributed by atoms with Gasteiger partial charge in [0, 0.05) is 23.9 Å². The molecule has 8 atom stereocenters. The van der Waals surface area contributed by atoms with E-state index in [1.165, 1.54) is 0 Å². The molecule has 0 aromatic carbocycles. The number of Topliss-reactive ketones (excluding diaryl/α,β-unsaturated/α-hetero) is 1. The number of unbranched alkanes of at least 4 members (excludes halogenated alkanes) is 1. The summed E-state index contributed by atoms with van der Waals surface area (Å²) in [5.41, 5.74) is -1.68. The molecule has 0 amide bonds. The minimum Gasteiger partial charge on any atom is -0.393 e. The number of hydrogen-bond acceptors (Lipinski definition) is 6. The Balaban J connectivity index is 1.71. The standard InChI is InChI=1S/C25H38O6/c1-4-5-10-31-21-12-16(27)11-15-6-7-17-18-8-9-25(30,20(29)14-26)23(18,2)13-19(28)22(17)24(15,21)3/h11,17-19,21-22,26,28,30H,4-10,12-14H2,1-3H3/t17-,18-,19-,21?,22+,23-,24+,25-/m0/s1. The van der Waals surface area contributed by atoms with Gasteiger partial charge in [-0.3, -0.25) is 9.59 Å². The van der Waals surface area contributed by atoms with E-state index in [1.807, 2.05) is 6.92 Å². The van der Waals surface area contributed by atoms with Crippen molar-refractivity contribution in [1.29, 1.82) is 0 Å². The van der Waals surface area contributed by atoms with Crippen molar-refractivity contribution in [3.05, 3.63) is 11.6 Å². The van der Waals surface area contributed by atoms with Gasteiger partial charge in [-0.2, -0.15) is 0 Å². The topological polar surface area (TPSA) is 104 Å². The first kappa shape index (κ1) is 23.1. The number of ether oxygens (including phenoxy) is 1. The monoisotopic (exact) mass is 434 g/mol. The van der Waals surface area contributed by atoms with E-state index in [0.717, 1.165) is 31.3 Å². The maximum Gasteiger partial charge on any atom is 0.190 e. The van der Waals surface area contributed by atoms with Crippen LogP contribution < -0.4 is 0 Å². The van der Waals surface area contributed by atoms with E-state index in [1.54, 1.807) is 6.08 Å². The van der Waals surface area contributed by atoms with Gasteiger partial charge >= 0.3 is 0 Å². The highest BCUT2D eigenvalue weighted by atomic mass is 16.5. The fourth-order valence-corrected chi connectivity index (χ4v) is 7.90. The predicted octanol–water partition coefficient (Wildman–Crippen LogP) is 2.58. The molecule has 31 heavy (non-hydrogen) atoms. The third-order valence-electron chi connectivity index (χ3n) is 9.55. The van der Waals surface area contributed by atoms with Crippen molar-refractivity contribution >= 4 is 11.6 Å². The molecule has 0 aromatic heterocycles. The molecule has 4 aliphatic carbocycles. The number of fused-ring (bicyclic) bond motifs is 5. The van der Waals surface area contributed by atoms with Gasteiger partial charge in [-0.25, -0.2) is 0 Å².